The monoisotopic (exact) mass is 486 g/mol. The zero-order valence-electron chi connectivity index (χ0n) is 15.2. The molecule has 2 aromatic rings. The second kappa shape index (κ2) is 8.18. The van der Waals surface area contributed by atoms with Crippen LogP contribution in [0.2, 0.25) is 0 Å². The van der Waals surface area contributed by atoms with Gasteiger partial charge in [0, 0.05) is 0 Å². The largest absolute Gasteiger partial charge is 0.416 e. The van der Waals surface area contributed by atoms with E-state index in [9.17, 15) is 52.7 Å². The Labute approximate surface area is 168 Å². The van der Waals surface area contributed by atoms with E-state index in [0.717, 1.165) is 0 Å². The minimum absolute atomic E-state index is 0.167. The fourth-order valence-electron chi connectivity index (χ4n) is 2.70. The SMILES string of the molecule is CCP(c1cc(C(F)(F)F)cc(C(F)(F)F)c1)c1cc(C(F)(F)F)cc(C(F)(F)F)c1. The lowest BCUT2D eigenvalue weighted by atomic mass is 10.1. The molecule has 0 aromatic heterocycles. The Hall–Kier alpha value is -1.97. The molecule has 0 radical (unpaired) electrons. The first-order valence-corrected chi connectivity index (χ1v) is 9.73. The molecular weight excluding hydrogens is 475 g/mol. The number of rotatable bonds is 3. The molecule has 0 aliphatic rings. The summed E-state index contributed by atoms with van der Waals surface area (Å²) >= 11 is 0. The summed E-state index contributed by atoms with van der Waals surface area (Å²) in [6, 6.07) is 0.936. The second-order valence-electron chi connectivity index (χ2n) is 6.27. The van der Waals surface area contributed by atoms with E-state index in [4.69, 9.17) is 0 Å². The molecule has 0 atom stereocenters. The minimum Gasteiger partial charge on any atom is -0.166 e. The van der Waals surface area contributed by atoms with Crippen LogP contribution in [0.3, 0.4) is 0 Å². The van der Waals surface area contributed by atoms with E-state index in [1.165, 1.54) is 6.92 Å². The second-order valence-corrected chi connectivity index (χ2v) is 8.79. The van der Waals surface area contributed by atoms with Crippen LogP contribution in [0.5, 0.6) is 0 Å². The highest BCUT2D eigenvalue weighted by Gasteiger charge is 2.39. The lowest BCUT2D eigenvalue weighted by Crippen LogP contribution is -2.22. The van der Waals surface area contributed by atoms with Crippen molar-refractivity contribution < 1.29 is 52.7 Å². The summed E-state index contributed by atoms with van der Waals surface area (Å²) < 4.78 is 157. The highest BCUT2D eigenvalue weighted by Crippen LogP contribution is 2.42. The molecule has 13 heteroatoms. The summed E-state index contributed by atoms with van der Waals surface area (Å²) in [4.78, 5) is 0. The first-order valence-electron chi connectivity index (χ1n) is 8.20. The molecule has 0 unspecified atom stereocenters. The van der Waals surface area contributed by atoms with Crippen molar-refractivity contribution in [1.29, 1.82) is 0 Å². The standard InChI is InChI=1S/C18H11F12P/c1-2-31(13-5-9(15(19,20)21)3-10(6-13)16(22,23)24)14-7-11(17(25,26)27)4-12(8-14)18(28,29)30/h3-8H,2H2,1H3. The zero-order chi connectivity index (χ0) is 24.0. The van der Waals surface area contributed by atoms with Crippen molar-refractivity contribution in [2.24, 2.45) is 0 Å². The summed E-state index contributed by atoms with van der Waals surface area (Å²) in [6.45, 7) is 1.24. The predicted molar refractivity (Wildman–Crippen MR) is 89.6 cm³/mol. The lowest BCUT2D eigenvalue weighted by Gasteiger charge is -2.23. The van der Waals surface area contributed by atoms with Crippen LogP contribution in [0.4, 0.5) is 52.7 Å². The van der Waals surface area contributed by atoms with Crippen LogP contribution in [0.25, 0.3) is 0 Å². The van der Waals surface area contributed by atoms with Gasteiger partial charge in [0.05, 0.1) is 22.3 Å². The maximum absolute atomic E-state index is 13.1. The van der Waals surface area contributed by atoms with Crippen LogP contribution in [0, 0.1) is 0 Å². The van der Waals surface area contributed by atoms with Crippen molar-refractivity contribution in [3.63, 3.8) is 0 Å². The topological polar surface area (TPSA) is 0 Å². The van der Waals surface area contributed by atoms with Gasteiger partial charge in [0.2, 0.25) is 0 Å². The van der Waals surface area contributed by atoms with Gasteiger partial charge < -0.3 is 0 Å². The molecule has 172 valence electrons. The zero-order valence-corrected chi connectivity index (χ0v) is 16.0. The van der Waals surface area contributed by atoms with Gasteiger partial charge in [0.25, 0.3) is 0 Å². The fraction of sp³-hybridized carbons (Fsp3) is 0.333. The van der Waals surface area contributed by atoms with Gasteiger partial charge >= 0.3 is 24.7 Å². The molecule has 0 N–H and O–H groups in total. The lowest BCUT2D eigenvalue weighted by molar-refractivity contribution is -0.144. The highest BCUT2D eigenvalue weighted by atomic mass is 31.1. The van der Waals surface area contributed by atoms with E-state index < -0.39 is 65.5 Å². The first kappa shape index (κ1) is 25.3. The molecule has 0 bridgehead atoms. The average molecular weight is 486 g/mol. The molecule has 0 aliphatic heterocycles. The molecular formula is C18H11F12P. The third-order valence-electron chi connectivity index (χ3n) is 4.08. The van der Waals surface area contributed by atoms with Gasteiger partial charge in [-0.3, -0.25) is 0 Å². The van der Waals surface area contributed by atoms with Crippen LogP contribution in [0.15, 0.2) is 36.4 Å². The Morgan fingerprint density at radius 2 is 0.710 bits per heavy atom. The fourth-order valence-corrected chi connectivity index (χ4v) is 4.91. The quantitative estimate of drug-likeness (QED) is 0.318. The molecule has 0 saturated heterocycles. The summed E-state index contributed by atoms with van der Waals surface area (Å²) in [5.41, 5.74) is -6.83. The van der Waals surface area contributed by atoms with E-state index in [1.807, 2.05) is 0 Å². The molecule has 2 aromatic carbocycles. The van der Waals surface area contributed by atoms with E-state index >= 15 is 0 Å². The number of hydrogen-bond acceptors (Lipinski definition) is 0. The van der Waals surface area contributed by atoms with Gasteiger partial charge in [-0.05, 0) is 61.1 Å². The van der Waals surface area contributed by atoms with Crippen molar-refractivity contribution in [1.82, 2.24) is 0 Å². The van der Waals surface area contributed by atoms with Crippen molar-refractivity contribution in [3.8, 4) is 0 Å². The third kappa shape index (κ3) is 6.05. The van der Waals surface area contributed by atoms with Crippen LogP contribution < -0.4 is 10.6 Å². The van der Waals surface area contributed by atoms with Crippen molar-refractivity contribution in [3.05, 3.63) is 58.7 Å². The Morgan fingerprint density at radius 3 is 0.871 bits per heavy atom. The maximum Gasteiger partial charge on any atom is 0.416 e. The van der Waals surface area contributed by atoms with Crippen molar-refractivity contribution in [2.75, 3.05) is 6.16 Å². The third-order valence-corrected chi connectivity index (χ3v) is 6.48. The van der Waals surface area contributed by atoms with Gasteiger partial charge in [0.15, 0.2) is 0 Å². The molecule has 0 fully saturated rings. The molecule has 0 heterocycles. The molecule has 0 aliphatic carbocycles. The van der Waals surface area contributed by atoms with Crippen molar-refractivity contribution >= 4 is 18.5 Å². The highest BCUT2D eigenvalue weighted by molar-refractivity contribution is 7.72. The summed E-state index contributed by atoms with van der Waals surface area (Å²) in [5.74, 6) is 0. The normalized spacial score (nSPS) is 13.7. The molecule has 0 nitrogen and oxygen atoms in total. The van der Waals surface area contributed by atoms with E-state index in [0.29, 0.717) is 24.3 Å². The number of benzene rings is 2. The van der Waals surface area contributed by atoms with Crippen LogP contribution >= 0.6 is 7.92 Å². The van der Waals surface area contributed by atoms with E-state index in [-0.39, 0.29) is 18.3 Å². The molecule has 0 saturated carbocycles. The number of alkyl halides is 12. The van der Waals surface area contributed by atoms with Crippen LogP contribution in [-0.4, -0.2) is 6.16 Å². The van der Waals surface area contributed by atoms with Gasteiger partial charge in [-0.15, -0.1) is 0 Å². The molecule has 31 heavy (non-hydrogen) atoms. The summed E-state index contributed by atoms with van der Waals surface area (Å²) in [7, 11) is -2.40. The molecule has 0 spiro atoms. The van der Waals surface area contributed by atoms with Crippen LogP contribution in [-0.2, 0) is 24.7 Å². The minimum atomic E-state index is -5.21. The average Bonchev–Trinajstić information content (AvgIpc) is 2.59. The summed E-state index contributed by atoms with van der Waals surface area (Å²) in [5, 5.41) is -1.29. The smallest absolute Gasteiger partial charge is 0.166 e. The van der Waals surface area contributed by atoms with Gasteiger partial charge in [-0.25, -0.2) is 0 Å². The van der Waals surface area contributed by atoms with Gasteiger partial charge in [0.1, 0.15) is 0 Å². The number of halogens is 12. The van der Waals surface area contributed by atoms with Gasteiger partial charge in [-0.1, -0.05) is 6.92 Å². The summed E-state index contributed by atoms with van der Waals surface area (Å²) in [6.07, 6.45) is -21.1. The van der Waals surface area contributed by atoms with Crippen molar-refractivity contribution in [2.45, 2.75) is 31.6 Å². The Kier molecular flexibility index (Phi) is 6.68. The van der Waals surface area contributed by atoms with Gasteiger partial charge in [-0.2, -0.15) is 52.7 Å². The Morgan fingerprint density at radius 1 is 0.484 bits per heavy atom. The Bertz CT molecular complexity index is 795. The molecule has 2 rings (SSSR count). The molecule has 0 amide bonds. The number of hydrogen-bond donors (Lipinski definition) is 0. The Balaban J connectivity index is 2.78. The van der Waals surface area contributed by atoms with E-state index in [2.05, 4.69) is 0 Å². The maximum atomic E-state index is 13.1. The first-order chi connectivity index (χ1) is 13.8. The van der Waals surface area contributed by atoms with E-state index in [1.54, 1.807) is 0 Å². The van der Waals surface area contributed by atoms with Crippen LogP contribution in [0.1, 0.15) is 29.2 Å². The predicted octanol–water partition coefficient (Wildman–Crippen LogP) is 7.21.